The summed E-state index contributed by atoms with van der Waals surface area (Å²) in [5.41, 5.74) is 2.15. The number of hydrogen-bond donors (Lipinski definition) is 1. The van der Waals surface area contributed by atoms with E-state index in [1.165, 1.54) is 10.6 Å². The molecule has 1 aliphatic heterocycles. The first-order chi connectivity index (χ1) is 15.8. The number of sulfonamides is 1. The summed E-state index contributed by atoms with van der Waals surface area (Å²) in [4.78, 5) is 19.8. The lowest BCUT2D eigenvalue weighted by Gasteiger charge is -2.30. The Morgan fingerprint density at radius 1 is 1.09 bits per heavy atom. The smallest absolute Gasteiger partial charge is 0.223 e. The predicted molar refractivity (Wildman–Crippen MR) is 127 cm³/mol. The minimum Gasteiger partial charge on any atom is -0.356 e. The number of anilines is 2. The van der Waals surface area contributed by atoms with Crippen LogP contribution < -0.4 is 10.2 Å². The maximum Gasteiger partial charge on any atom is 0.223 e. The van der Waals surface area contributed by atoms with Crippen molar-refractivity contribution in [2.24, 2.45) is 0 Å². The van der Waals surface area contributed by atoms with Gasteiger partial charge in [0, 0.05) is 37.8 Å². The van der Waals surface area contributed by atoms with Crippen LogP contribution in [0.5, 0.6) is 0 Å². The first-order valence-corrected chi connectivity index (χ1v) is 12.9. The van der Waals surface area contributed by atoms with E-state index in [0.29, 0.717) is 43.0 Å². The SMILES string of the molecule is CCN(CC)c1cnc2ccc(-c3nc(NC4CCN(S(C)(=O)=O)CC4)ncc3F)cc2n1. The lowest BCUT2D eigenvalue weighted by molar-refractivity contribution is 0.331. The summed E-state index contributed by atoms with van der Waals surface area (Å²) >= 11 is 0. The van der Waals surface area contributed by atoms with Gasteiger partial charge in [-0.3, -0.25) is 4.98 Å². The van der Waals surface area contributed by atoms with E-state index in [9.17, 15) is 12.8 Å². The minimum absolute atomic E-state index is 0.0143. The molecule has 1 aliphatic rings. The van der Waals surface area contributed by atoms with Gasteiger partial charge in [0.15, 0.2) is 5.82 Å². The monoisotopic (exact) mass is 473 g/mol. The van der Waals surface area contributed by atoms with Gasteiger partial charge in [-0.25, -0.2) is 32.1 Å². The summed E-state index contributed by atoms with van der Waals surface area (Å²) in [6.07, 6.45) is 5.37. The van der Waals surface area contributed by atoms with Gasteiger partial charge in [0.05, 0.1) is 29.7 Å². The minimum atomic E-state index is -3.19. The molecule has 1 N–H and O–H groups in total. The molecule has 3 heterocycles. The molecule has 0 aliphatic carbocycles. The highest BCUT2D eigenvalue weighted by Crippen LogP contribution is 2.26. The van der Waals surface area contributed by atoms with Gasteiger partial charge in [0.2, 0.25) is 16.0 Å². The standard InChI is InChI=1S/C22H28FN7O2S/c1-4-29(5-2)20-14-24-18-7-6-15(12-19(18)27-20)21-17(23)13-25-22(28-21)26-16-8-10-30(11-9-16)33(3,31)32/h6-7,12-14,16H,4-5,8-11H2,1-3H3,(H,25,26,28). The van der Waals surface area contributed by atoms with Crippen LogP contribution in [-0.4, -0.2) is 71.1 Å². The Balaban J connectivity index is 1.57. The summed E-state index contributed by atoms with van der Waals surface area (Å²) in [7, 11) is -3.19. The largest absolute Gasteiger partial charge is 0.356 e. The number of rotatable bonds is 7. The third kappa shape index (κ3) is 5.19. The zero-order valence-electron chi connectivity index (χ0n) is 19.0. The Kier molecular flexibility index (Phi) is 6.71. The molecule has 0 unspecified atom stereocenters. The first-order valence-electron chi connectivity index (χ1n) is 11.0. The molecule has 2 aromatic heterocycles. The van der Waals surface area contributed by atoms with Crippen LogP contribution in [-0.2, 0) is 10.0 Å². The van der Waals surface area contributed by atoms with Crippen LogP contribution in [0.25, 0.3) is 22.3 Å². The Morgan fingerprint density at radius 3 is 2.48 bits per heavy atom. The van der Waals surface area contributed by atoms with Crippen LogP contribution >= 0.6 is 0 Å². The average Bonchev–Trinajstić information content (AvgIpc) is 2.80. The van der Waals surface area contributed by atoms with Crippen LogP contribution in [0.1, 0.15) is 26.7 Å². The molecule has 0 atom stereocenters. The molecule has 1 aromatic carbocycles. The van der Waals surface area contributed by atoms with Gasteiger partial charge < -0.3 is 10.2 Å². The van der Waals surface area contributed by atoms with Crippen molar-refractivity contribution in [3.63, 3.8) is 0 Å². The number of piperidine rings is 1. The van der Waals surface area contributed by atoms with Gasteiger partial charge in [-0.2, -0.15) is 0 Å². The number of aromatic nitrogens is 4. The van der Waals surface area contributed by atoms with Gasteiger partial charge in [-0.05, 0) is 38.8 Å². The molecule has 0 bridgehead atoms. The zero-order valence-corrected chi connectivity index (χ0v) is 19.8. The normalized spacial score (nSPS) is 15.6. The van der Waals surface area contributed by atoms with Crippen molar-refractivity contribution in [1.29, 1.82) is 0 Å². The molecule has 1 saturated heterocycles. The number of halogens is 1. The van der Waals surface area contributed by atoms with Crippen molar-refractivity contribution in [2.75, 3.05) is 42.7 Å². The van der Waals surface area contributed by atoms with E-state index in [2.05, 4.69) is 39.0 Å². The van der Waals surface area contributed by atoms with Crippen molar-refractivity contribution in [1.82, 2.24) is 24.2 Å². The third-order valence-electron chi connectivity index (χ3n) is 5.89. The maximum atomic E-state index is 14.7. The summed E-state index contributed by atoms with van der Waals surface area (Å²) < 4.78 is 39.5. The molecule has 0 radical (unpaired) electrons. The van der Waals surface area contributed by atoms with Gasteiger partial charge in [-0.1, -0.05) is 6.07 Å². The van der Waals surface area contributed by atoms with Gasteiger partial charge in [0.1, 0.15) is 11.5 Å². The fraction of sp³-hybridized carbons (Fsp3) is 0.455. The zero-order chi connectivity index (χ0) is 23.6. The lowest BCUT2D eigenvalue weighted by Crippen LogP contribution is -2.42. The summed E-state index contributed by atoms with van der Waals surface area (Å²) in [6.45, 7) is 6.61. The van der Waals surface area contributed by atoms with Crippen LogP contribution in [0.2, 0.25) is 0 Å². The highest BCUT2D eigenvalue weighted by molar-refractivity contribution is 7.88. The van der Waals surface area contributed by atoms with Crippen molar-refractivity contribution >= 4 is 32.8 Å². The molecule has 1 fully saturated rings. The average molecular weight is 474 g/mol. The second-order valence-corrected chi connectivity index (χ2v) is 10.1. The molecule has 0 spiro atoms. The second-order valence-electron chi connectivity index (χ2n) is 8.07. The van der Waals surface area contributed by atoms with E-state index >= 15 is 0 Å². The van der Waals surface area contributed by atoms with Crippen LogP contribution in [0, 0.1) is 5.82 Å². The fourth-order valence-corrected chi connectivity index (χ4v) is 4.88. The van der Waals surface area contributed by atoms with Crippen molar-refractivity contribution < 1.29 is 12.8 Å². The maximum absolute atomic E-state index is 14.7. The Bertz CT molecular complexity index is 1240. The van der Waals surface area contributed by atoms with E-state index in [4.69, 9.17) is 4.98 Å². The second kappa shape index (κ2) is 9.52. The molecule has 0 amide bonds. The van der Waals surface area contributed by atoms with E-state index in [1.54, 1.807) is 24.4 Å². The highest BCUT2D eigenvalue weighted by Gasteiger charge is 2.25. The predicted octanol–water partition coefficient (Wildman–Crippen LogP) is 2.91. The summed E-state index contributed by atoms with van der Waals surface area (Å²) in [6, 6.07) is 5.38. The summed E-state index contributed by atoms with van der Waals surface area (Å²) in [5, 5.41) is 3.22. The van der Waals surface area contributed by atoms with Crippen LogP contribution in [0.15, 0.2) is 30.6 Å². The summed E-state index contributed by atoms with van der Waals surface area (Å²) in [5.74, 6) is 0.558. The number of hydrogen-bond acceptors (Lipinski definition) is 8. The lowest BCUT2D eigenvalue weighted by atomic mass is 10.1. The third-order valence-corrected chi connectivity index (χ3v) is 7.19. The highest BCUT2D eigenvalue weighted by atomic mass is 32.2. The molecule has 176 valence electrons. The number of fused-ring (bicyclic) bond motifs is 1. The van der Waals surface area contributed by atoms with E-state index in [1.807, 2.05) is 0 Å². The quantitative estimate of drug-likeness (QED) is 0.559. The first kappa shape index (κ1) is 23.2. The Hall–Kier alpha value is -2.92. The van der Waals surface area contributed by atoms with Crippen LogP contribution in [0.4, 0.5) is 16.2 Å². The molecule has 11 heteroatoms. The molecular weight excluding hydrogens is 445 g/mol. The van der Waals surface area contributed by atoms with E-state index < -0.39 is 15.8 Å². The molecular formula is C22H28FN7O2S. The molecule has 3 aromatic rings. The van der Waals surface area contributed by atoms with Gasteiger partial charge in [0.25, 0.3) is 0 Å². The fourth-order valence-electron chi connectivity index (χ4n) is 4.00. The van der Waals surface area contributed by atoms with Crippen molar-refractivity contribution in [3.05, 3.63) is 36.4 Å². The van der Waals surface area contributed by atoms with Crippen molar-refractivity contribution in [3.8, 4) is 11.3 Å². The number of nitrogens with zero attached hydrogens (tertiary/aromatic N) is 6. The Labute approximate surface area is 193 Å². The molecule has 0 saturated carbocycles. The van der Waals surface area contributed by atoms with Gasteiger partial charge in [-0.15, -0.1) is 0 Å². The van der Waals surface area contributed by atoms with Crippen molar-refractivity contribution in [2.45, 2.75) is 32.7 Å². The van der Waals surface area contributed by atoms with Crippen LogP contribution in [0.3, 0.4) is 0 Å². The molecule has 9 nitrogen and oxygen atoms in total. The number of benzene rings is 1. The number of nitrogens with one attached hydrogen (secondary N) is 1. The topological polar surface area (TPSA) is 104 Å². The molecule has 33 heavy (non-hydrogen) atoms. The van der Waals surface area contributed by atoms with Gasteiger partial charge >= 0.3 is 0 Å². The van der Waals surface area contributed by atoms with E-state index in [0.717, 1.165) is 30.6 Å². The molecule has 4 rings (SSSR count). The van der Waals surface area contributed by atoms with E-state index in [-0.39, 0.29) is 11.7 Å². The Morgan fingerprint density at radius 2 is 1.82 bits per heavy atom.